The molecule has 0 aromatic rings. The Morgan fingerprint density at radius 1 is 1.53 bits per heavy atom. The molecule has 1 aliphatic rings. The first-order valence-corrected chi connectivity index (χ1v) is 6.42. The highest BCUT2D eigenvalue weighted by Gasteiger charge is 2.33. The lowest BCUT2D eigenvalue weighted by molar-refractivity contribution is -0.159. The fourth-order valence-corrected chi connectivity index (χ4v) is 2.42. The van der Waals surface area contributed by atoms with Crippen molar-refractivity contribution in [3.05, 3.63) is 0 Å². The summed E-state index contributed by atoms with van der Waals surface area (Å²) in [5.41, 5.74) is 0. The molecule has 4 nitrogen and oxygen atoms in total. The van der Waals surface area contributed by atoms with Gasteiger partial charge in [0, 0.05) is 13.1 Å². The molecule has 1 heterocycles. The van der Waals surface area contributed by atoms with Gasteiger partial charge in [0.05, 0.1) is 12.6 Å². The number of alkyl halides is 3. The standard InChI is InChI=1S/C12H21F3N2O2/c1-9(18)6-10-4-3-5-17(10)7-11(19)16(2)8-12(13,14)15/h9-10,18H,3-8H2,1-2H3. The van der Waals surface area contributed by atoms with Crippen LogP contribution in [0.1, 0.15) is 26.2 Å². The summed E-state index contributed by atoms with van der Waals surface area (Å²) in [7, 11) is 1.16. The van der Waals surface area contributed by atoms with E-state index in [9.17, 15) is 23.1 Å². The van der Waals surface area contributed by atoms with Crippen LogP contribution in [0.4, 0.5) is 13.2 Å². The summed E-state index contributed by atoms with van der Waals surface area (Å²) < 4.78 is 36.6. The molecule has 1 saturated heterocycles. The summed E-state index contributed by atoms with van der Waals surface area (Å²) in [6.45, 7) is 1.14. The number of hydrogen-bond acceptors (Lipinski definition) is 3. The lowest BCUT2D eigenvalue weighted by Crippen LogP contribution is -2.44. The molecule has 0 aromatic heterocycles. The molecule has 0 bridgehead atoms. The Morgan fingerprint density at radius 3 is 2.68 bits per heavy atom. The molecule has 2 unspecified atom stereocenters. The molecular formula is C12H21F3N2O2. The Bertz CT molecular complexity index is 308. The number of halogens is 3. The molecule has 1 N–H and O–H groups in total. The van der Waals surface area contributed by atoms with Gasteiger partial charge in [0.25, 0.3) is 0 Å². The van der Waals surface area contributed by atoms with Crippen molar-refractivity contribution >= 4 is 5.91 Å². The van der Waals surface area contributed by atoms with E-state index < -0.39 is 24.7 Å². The van der Waals surface area contributed by atoms with Crippen molar-refractivity contribution in [1.29, 1.82) is 0 Å². The monoisotopic (exact) mass is 282 g/mol. The normalized spacial score (nSPS) is 22.5. The van der Waals surface area contributed by atoms with Crippen LogP contribution in [0.3, 0.4) is 0 Å². The first kappa shape index (κ1) is 16.2. The van der Waals surface area contributed by atoms with Crippen LogP contribution in [0.2, 0.25) is 0 Å². The van der Waals surface area contributed by atoms with E-state index in [4.69, 9.17) is 0 Å². The highest BCUT2D eigenvalue weighted by molar-refractivity contribution is 5.78. The van der Waals surface area contributed by atoms with Gasteiger partial charge in [-0.3, -0.25) is 9.69 Å². The molecule has 112 valence electrons. The van der Waals surface area contributed by atoms with E-state index in [1.807, 2.05) is 4.90 Å². The Morgan fingerprint density at radius 2 is 2.16 bits per heavy atom. The maximum atomic E-state index is 12.2. The molecule has 7 heteroatoms. The van der Waals surface area contributed by atoms with E-state index in [0.29, 0.717) is 17.9 Å². The number of rotatable bonds is 5. The first-order chi connectivity index (χ1) is 8.69. The van der Waals surface area contributed by atoms with Crippen LogP contribution < -0.4 is 0 Å². The van der Waals surface area contributed by atoms with Crippen LogP contribution in [0.15, 0.2) is 0 Å². The third-order valence-corrected chi connectivity index (χ3v) is 3.29. The smallest absolute Gasteiger partial charge is 0.393 e. The van der Waals surface area contributed by atoms with Gasteiger partial charge in [0.2, 0.25) is 5.91 Å². The van der Waals surface area contributed by atoms with Gasteiger partial charge in [0.15, 0.2) is 0 Å². The van der Waals surface area contributed by atoms with Crippen LogP contribution in [0.25, 0.3) is 0 Å². The van der Waals surface area contributed by atoms with Crippen molar-refractivity contribution in [2.75, 3.05) is 26.7 Å². The molecule has 2 atom stereocenters. The lowest BCUT2D eigenvalue weighted by Gasteiger charge is -2.27. The summed E-state index contributed by atoms with van der Waals surface area (Å²) in [4.78, 5) is 14.3. The van der Waals surface area contributed by atoms with Crippen LogP contribution in [-0.4, -0.2) is 65.8 Å². The number of aliphatic hydroxyl groups is 1. The maximum absolute atomic E-state index is 12.2. The zero-order chi connectivity index (χ0) is 14.6. The van der Waals surface area contributed by atoms with E-state index >= 15 is 0 Å². The van der Waals surface area contributed by atoms with Crippen molar-refractivity contribution in [2.24, 2.45) is 0 Å². The third kappa shape index (κ3) is 5.78. The molecule has 0 spiro atoms. The number of hydrogen-bond donors (Lipinski definition) is 1. The van der Waals surface area contributed by atoms with E-state index in [2.05, 4.69) is 0 Å². The van der Waals surface area contributed by atoms with Gasteiger partial charge >= 0.3 is 6.18 Å². The lowest BCUT2D eigenvalue weighted by atomic mass is 10.1. The van der Waals surface area contributed by atoms with Gasteiger partial charge in [-0.25, -0.2) is 0 Å². The molecule has 0 aliphatic carbocycles. The van der Waals surface area contributed by atoms with Gasteiger partial charge in [-0.2, -0.15) is 13.2 Å². The number of carbonyl (C=O) groups is 1. The first-order valence-electron chi connectivity index (χ1n) is 6.42. The van der Waals surface area contributed by atoms with E-state index in [-0.39, 0.29) is 12.6 Å². The fraction of sp³-hybridized carbons (Fsp3) is 0.917. The van der Waals surface area contributed by atoms with Crippen LogP contribution in [0, 0.1) is 0 Å². The van der Waals surface area contributed by atoms with Crippen LogP contribution in [-0.2, 0) is 4.79 Å². The molecule has 1 rings (SSSR count). The number of amides is 1. The average Bonchev–Trinajstić information content (AvgIpc) is 2.62. The zero-order valence-electron chi connectivity index (χ0n) is 11.3. The maximum Gasteiger partial charge on any atom is 0.406 e. The van der Waals surface area contributed by atoms with Crippen molar-refractivity contribution in [3.63, 3.8) is 0 Å². The van der Waals surface area contributed by atoms with Gasteiger partial charge < -0.3 is 10.0 Å². The largest absolute Gasteiger partial charge is 0.406 e. The predicted molar refractivity (Wildman–Crippen MR) is 64.6 cm³/mol. The second kappa shape index (κ2) is 6.56. The molecule has 1 aliphatic heterocycles. The fourth-order valence-electron chi connectivity index (χ4n) is 2.42. The molecular weight excluding hydrogens is 261 g/mol. The second-order valence-electron chi connectivity index (χ2n) is 5.22. The molecule has 0 aromatic carbocycles. The number of likely N-dealkylation sites (tertiary alicyclic amines) is 1. The Kier molecular flexibility index (Phi) is 5.61. The molecule has 0 radical (unpaired) electrons. The minimum Gasteiger partial charge on any atom is -0.393 e. The highest BCUT2D eigenvalue weighted by atomic mass is 19.4. The number of likely N-dealkylation sites (N-methyl/N-ethyl adjacent to an activating group) is 1. The van der Waals surface area contributed by atoms with Gasteiger partial charge in [-0.05, 0) is 32.7 Å². The highest BCUT2D eigenvalue weighted by Crippen LogP contribution is 2.22. The minimum atomic E-state index is -4.37. The van der Waals surface area contributed by atoms with Crippen LogP contribution >= 0.6 is 0 Å². The summed E-state index contributed by atoms with van der Waals surface area (Å²) in [6.07, 6.45) is -2.49. The average molecular weight is 282 g/mol. The SMILES string of the molecule is CC(O)CC1CCCN1CC(=O)N(C)CC(F)(F)F. The van der Waals surface area contributed by atoms with Crippen molar-refractivity contribution in [2.45, 2.75) is 44.5 Å². The number of aliphatic hydroxyl groups excluding tert-OH is 1. The van der Waals surface area contributed by atoms with E-state index in [0.717, 1.165) is 19.9 Å². The summed E-state index contributed by atoms with van der Waals surface area (Å²) in [5, 5.41) is 9.36. The van der Waals surface area contributed by atoms with E-state index in [1.54, 1.807) is 6.92 Å². The van der Waals surface area contributed by atoms with Gasteiger partial charge in [-0.1, -0.05) is 0 Å². The molecule has 1 amide bonds. The number of nitrogens with zero attached hydrogens (tertiary/aromatic N) is 2. The van der Waals surface area contributed by atoms with E-state index in [1.165, 1.54) is 0 Å². The minimum absolute atomic E-state index is 0.00995. The zero-order valence-corrected chi connectivity index (χ0v) is 11.3. The Labute approximate surface area is 111 Å². The van der Waals surface area contributed by atoms with Crippen molar-refractivity contribution in [3.8, 4) is 0 Å². The van der Waals surface area contributed by atoms with Crippen molar-refractivity contribution < 1.29 is 23.1 Å². The summed E-state index contributed by atoms with van der Waals surface area (Å²) in [5.74, 6) is -0.533. The third-order valence-electron chi connectivity index (χ3n) is 3.29. The predicted octanol–water partition coefficient (Wildman–Crippen LogP) is 1.24. The second-order valence-corrected chi connectivity index (χ2v) is 5.22. The Balaban J connectivity index is 2.47. The van der Waals surface area contributed by atoms with Gasteiger partial charge in [-0.15, -0.1) is 0 Å². The molecule has 1 fully saturated rings. The molecule has 19 heavy (non-hydrogen) atoms. The van der Waals surface area contributed by atoms with Crippen LogP contribution in [0.5, 0.6) is 0 Å². The number of carbonyl (C=O) groups excluding carboxylic acids is 1. The quantitative estimate of drug-likeness (QED) is 0.825. The van der Waals surface area contributed by atoms with Gasteiger partial charge in [0.1, 0.15) is 6.54 Å². The molecule has 0 saturated carbocycles. The summed E-state index contributed by atoms with van der Waals surface area (Å²) >= 11 is 0. The van der Waals surface area contributed by atoms with Crippen molar-refractivity contribution in [1.82, 2.24) is 9.80 Å². The Hall–Kier alpha value is -0.820. The summed E-state index contributed by atoms with van der Waals surface area (Å²) in [6, 6.07) is 0.0863. The topological polar surface area (TPSA) is 43.8 Å².